The number of rotatable bonds is 4. The first-order valence-electron chi connectivity index (χ1n) is 7.96. The molecule has 0 aliphatic heterocycles. The van der Waals surface area contributed by atoms with Gasteiger partial charge in [-0.1, -0.05) is 56.7 Å². The third kappa shape index (κ3) is 2.39. The van der Waals surface area contributed by atoms with Crippen molar-refractivity contribution in [2.75, 3.05) is 7.05 Å². The minimum atomic E-state index is 0.529. The van der Waals surface area contributed by atoms with E-state index < -0.39 is 0 Å². The Hall–Kier alpha value is -2.22. The lowest BCUT2D eigenvalue weighted by atomic mass is 9.98. The van der Waals surface area contributed by atoms with Crippen molar-refractivity contribution < 1.29 is 4.42 Å². The third-order valence-corrected chi connectivity index (χ3v) is 4.39. The molecule has 114 valence electrons. The number of benzene rings is 2. The van der Waals surface area contributed by atoms with Gasteiger partial charge in [-0.15, -0.1) is 0 Å². The number of fused-ring (bicyclic) bond motifs is 3. The van der Waals surface area contributed by atoms with Gasteiger partial charge in [-0.05, 0) is 24.5 Å². The summed E-state index contributed by atoms with van der Waals surface area (Å²) in [4.78, 5) is 0. The van der Waals surface area contributed by atoms with Gasteiger partial charge >= 0.3 is 0 Å². The van der Waals surface area contributed by atoms with E-state index in [0.29, 0.717) is 5.92 Å². The van der Waals surface area contributed by atoms with Gasteiger partial charge in [-0.2, -0.15) is 0 Å². The first-order valence-corrected chi connectivity index (χ1v) is 7.96. The van der Waals surface area contributed by atoms with Gasteiger partial charge in [0.1, 0.15) is 11.2 Å². The molecule has 0 aliphatic carbocycles. The molecule has 3 rings (SSSR count). The minimum Gasteiger partial charge on any atom is -0.455 e. The molecular formula is C20H23NO. The number of allylic oxidation sites excluding steroid dienone is 1. The Kier molecular flexibility index (Phi) is 3.93. The highest BCUT2D eigenvalue weighted by atomic mass is 16.3. The normalized spacial score (nSPS) is 13.7. The highest BCUT2D eigenvalue weighted by molar-refractivity contribution is 6.08. The first-order chi connectivity index (χ1) is 10.7. The summed E-state index contributed by atoms with van der Waals surface area (Å²) in [6.45, 7) is 6.60. The number of nitrogens with one attached hydrogen (secondary N) is 1. The Bertz CT molecular complexity index is 841. The summed E-state index contributed by atoms with van der Waals surface area (Å²) in [6, 6.07) is 12.6. The molecule has 3 aromatic rings. The molecule has 22 heavy (non-hydrogen) atoms. The van der Waals surface area contributed by atoms with Crippen LogP contribution in [0.1, 0.15) is 31.4 Å². The molecule has 1 aromatic heterocycles. The molecule has 1 N–H and O–H groups in total. The van der Waals surface area contributed by atoms with E-state index in [0.717, 1.165) is 23.3 Å². The zero-order chi connectivity index (χ0) is 15.7. The molecule has 0 saturated heterocycles. The van der Waals surface area contributed by atoms with E-state index in [4.69, 9.17) is 4.42 Å². The summed E-state index contributed by atoms with van der Waals surface area (Å²) < 4.78 is 6.18. The molecule has 1 heterocycles. The van der Waals surface area contributed by atoms with Gasteiger partial charge in [0.15, 0.2) is 0 Å². The second-order valence-corrected chi connectivity index (χ2v) is 5.95. The fourth-order valence-electron chi connectivity index (χ4n) is 2.92. The van der Waals surface area contributed by atoms with Crippen LogP contribution >= 0.6 is 0 Å². The highest BCUT2D eigenvalue weighted by Gasteiger charge is 2.15. The molecule has 0 spiro atoms. The topological polar surface area (TPSA) is 25.2 Å². The standard InChI is InChI=1S/C20H23NO/c1-5-13(2)12-17(21-4)19-14(3)10-11-16-15-8-6-7-9-18(15)22-20(16)19/h6-13,21H,5H2,1-4H3/b17-12-. The predicted molar refractivity (Wildman–Crippen MR) is 94.9 cm³/mol. The lowest BCUT2D eigenvalue weighted by Crippen LogP contribution is -2.08. The maximum atomic E-state index is 6.18. The lowest BCUT2D eigenvalue weighted by molar-refractivity contribution is 0.665. The van der Waals surface area contributed by atoms with Crippen LogP contribution in [0.4, 0.5) is 0 Å². The summed E-state index contributed by atoms with van der Waals surface area (Å²) in [5.41, 5.74) is 5.48. The van der Waals surface area contributed by atoms with E-state index in [1.807, 2.05) is 19.2 Å². The predicted octanol–water partition coefficient (Wildman–Crippen LogP) is 5.50. The van der Waals surface area contributed by atoms with Gasteiger partial charge in [-0.3, -0.25) is 0 Å². The fraction of sp³-hybridized carbons (Fsp3) is 0.300. The zero-order valence-corrected chi connectivity index (χ0v) is 13.7. The van der Waals surface area contributed by atoms with Crippen molar-refractivity contribution in [2.45, 2.75) is 27.2 Å². The Labute approximate surface area is 131 Å². The van der Waals surface area contributed by atoms with E-state index in [-0.39, 0.29) is 0 Å². The van der Waals surface area contributed by atoms with Gasteiger partial charge in [0.25, 0.3) is 0 Å². The molecule has 0 saturated carbocycles. The summed E-state index contributed by atoms with van der Waals surface area (Å²) in [6.07, 6.45) is 3.43. The van der Waals surface area contributed by atoms with Gasteiger partial charge in [-0.25, -0.2) is 0 Å². The smallest absolute Gasteiger partial charge is 0.144 e. The SMILES string of the molecule is CCC(C)/C=C(\NC)c1c(C)ccc2c1oc1ccccc12. The van der Waals surface area contributed by atoms with Gasteiger partial charge in [0.2, 0.25) is 0 Å². The van der Waals surface area contributed by atoms with Crippen LogP contribution in [0.25, 0.3) is 27.6 Å². The Morgan fingerprint density at radius 2 is 1.95 bits per heavy atom. The van der Waals surface area contributed by atoms with E-state index in [2.05, 4.69) is 56.4 Å². The van der Waals surface area contributed by atoms with Crippen molar-refractivity contribution in [1.29, 1.82) is 0 Å². The van der Waals surface area contributed by atoms with Crippen LogP contribution in [0.15, 0.2) is 46.9 Å². The summed E-state index contributed by atoms with van der Waals surface area (Å²) in [5, 5.41) is 5.72. The third-order valence-electron chi connectivity index (χ3n) is 4.39. The van der Waals surface area contributed by atoms with Gasteiger partial charge in [0.05, 0.1) is 0 Å². The van der Waals surface area contributed by atoms with Crippen LogP contribution in [0.2, 0.25) is 0 Å². The van der Waals surface area contributed by atoms with Crippen molar-refractivity contribution >= 4 is 27.6 Å². The van der Waals surface area contributed by atoms with Crippen LogP contribution in [-0.4, -0.2) is 7.05 Å². The Balaban J connectivity index is 2.32. The van der Waals surface area contributed by atoms with E-state index >= 15 is 0 Å². The molecule has 0 radical (unpaired) electrons. The van der Waals surface area contributed by atoms with Crippen LogP contribution < -0.4 is 5.32 Å². The molecule has 1 atom stereocenters. The van der Waals surface area contributed by atoms with Crippen molar-refractivity contribution in [3.8, 4) is 0 Å². The maximum Gasteiger partial charge on any atom is 0.144 e. The molecule has 0 amide bonds. The largest absolute Gasteiger partial charge is 0.455 e. The van der Waals surface area contributed by atoms with E-state index in [1.54, 1.807) is 0 Å². The van der Waals surface area contributed by atoms with Crippen LogP contribution in [0.3, 0.4) is 0 Å². The molecule has 0 aliphatic rings. The van der Waals surface area contributed by atoms with Crippen LogP contribution in [0.5, 0.6) is 0 Å². The van der Waals surface area contributed by atoms with Gasteiger partial charge in [0, 0.05) is 29.1 Å². The molecule has 2 nitrogen and oxygen atoms in total. The molecule has 0 bridgehead atoms. The summed E-state index contributed by atoms with van der Waals surface area (Å²) >= 11 is 0. The number of furan rings is 1. The average molecular weight is 293 g/mol. The Morgan fingerprint density at radius 3 is 2.68 bits per heavy atom. The maximum absolute atomic E-state index is 6.18. The van der Waals surface area contributed by atoms with Crippen molar-refractivity contribution in [3.63, 3.8) is 0 Å². The highest BCUT2D eigenvalue weighted by Crippen LogP contribution is 2.35. The molecular weight excluding hydrogens is 270 g/mol. The first kappa shape index (κ1) is 14.7. The fourth-order valence-corrected chi connectivity index (χ4v) is 2.92. The Morgan fingerprint density at radius 1 is 1.18 bits per heavy atom. The second kappa shape index (κ2) is 5.88. The number of para-hydroxylation sites is 1. The molecule has 2 aromatic carbocycles. The van der Waals surface area contributed by atoms with Crippen LogP contribution in [-0.2, 0) is 0 Å². The minimum absolute atomic E-state index is 0.529. The van der Waals surface area contributed by atoms with Crippen molar-refractivity contribution in [1.82, 2.24) is 5.32 Å². The quantitative estimate of drug-likeness (QED) is 0.687. The number of hydrogen-bond donors (Lipinski definition) is 1. The number of aryl methyl sites for hydroxylation is 1. The zero-order valence-electron chi connectivity index (χ0n) is 13.7. The van der Waals surface area contributed by atoms with E-state index in [9.17, 15) is 0 Å². The number of hydrogen-bond acceptors (Lipinski definition) is 2. The summed E-state index contributed by atoms with van der Waals surface area (Å²) in [5.74, 6) is 0.529. The van der Waals surface area contributed by atoms with Crippen LogP contribution in [0, 0.1) is 12.8 Å². The second-order valence-electron chi connectivity index (χ2n) is 5.95. The van der Waals surface area contributed by atoms with E-state index in [1.165, 1.54) is 21.9 Å². The summed E-state index contributed by atoms with van der Waals surface area (Å²) in [7, 11) is 1.98. The molecule has 2 heteroatoms. The lowest BCUT2D eigenvalue weighted by Gasteiger charge is -2.13. The molecule has 1 unspecified atom stereocenters. The van der Waals surface area contributed by atoms with Crippen molar-refractivity contribution in [2.24, 2.45) is 5.92 Å². The monoisotopic (exact) mass is 293 g/mol. The molecule has 0 fully saturated rings. The van der Waals surface area contributed by atoms with Crippen molar-refractivity contribution in [3.05, 3.63) is 53.6 Å². The average Bonchev–Trinajstić information content (AvgIpc) is 2.91. The van der Waals surface area contributed by atoms with Gasteiger partial charge < -0.3 is 9.73 Å².